The topological polar surface area (TPSA) is 85.7 Å². The molecule has 1 aromatic heterocycles. The molecule has 0 saturated carbocycles. The van der Waals surface area contributed by atoms with Gasteiger partial charge in [-0.3, -0.25) is 4.79 Å². The Labute approximate surface area is 184 Å². The van der Waals surface area contributed by atoms with E-state index in [0.717, 1.165) is 17.8 Å². The van der Waals surface area contributed by atoms with Crippen molar-refractivity contribution in [3.8, 4) is 0 Å². The van der Waals surface area contributed by atoms with Crippen LogP contribution >= 0.6 is 0 Å². The van der Waals surface area contributed by atoms with E-state index in [1.54, 1.807) is 6.07 Å². The monoisotopic (exact) mass is 446 g/mol. The van der Waals surface area contributed by atoms with Gasteiger partial charge < -0.3 is 9.30 Å². The first-order valence-corrected chi connectivity index (χ1v) is 11.9. The molecule has 0 amide bonds. The molecule has 1 aromatic carbocycles. The third kappa shape index (κ3) is 4.91. The van der Waals surface area contributed by atoms with Crippen LogP contribution in [0.2, 0.25) is 0 Å². The number of piperidine rings is 1. The van der Waals surface area contributed by atoms with Crippen molar-refractivity contribution in [3.05, 3.63) is 52.8 Å². The average Bonchev–Trinajstić information content (AvgIpc) is 2.98. The Morgan fingerprint density at radius 2 is 1.65 bits per heavy atom. The lowest BCUT2D eigenvalue weighted by molar-refractivity contribution is 0.0474. The first-order valence-electron chi connectivity index (χ1n) is 10.4. The Balaban J connectivity index is 1.66. The summed E-state index contributed by atoms with van der Waals surface area (Å²) in [4.78, 5) is 24.9. The van der Waals surface area contributed by atoms with Gasteiger partial charge in [-0.25, -0.2) is 13.2 Å². The molecule has 31 heavy (non-hydrogen) atoms. The van der Waals surface area contributed by atoms with Crippen LogP contribution in [-0.4, -0.2) is 48.7 Å². The molecule has 7 nitrogen and oxygen atoms in total. The van der Waals surface area contributed by atoms with E-state index in [1.165, 1.54) is 28.6 Å². The molecule has 2 heterocycles. The third-order valence-electron chi connectivity index (χ3n) is 5.97. The molecule has 2 atom stereocenters. The summed E-state index contributed by atoms with van der Waals surface area (Å²) >= 11 is 0. The number of aromatic nitrogens is 1. The van der Waals surface area contributed by atoms with E-state index in [-0.39, 0.29) is 22.8 Å². The van der Waals surface area contributed by atoms with Crippen molar-refractivity contribution in [2.75, 3.05) is 19.7 Å². The Hall–Kier alpha value is -2.45. The lowest BCUT2D eigenvalue weighted by Gasteiger charge is -2.34. The number of carbonyl (C=O) groups excluding carboxylic acids is 2. The zero-order valence-corrected chi connectivity index (χ0v) is 19.5. The molecule has 0 N–H and O–H groups in total. The predicted octanol–water partition coefficient (Wildman–Crippen LogP) is 3.35. The van der Waals surface area contributed by atoms with E-state index in [1.807, 2.05) is 25.5 Å². The van der Waals surface area contributed by atoms with Gasteiger partial charge in [0.2, 0.25) is 15.8 Å². The smallest absolute Gasteiger partial charge is 0.338 e. The molecule has 2 aromatic rings. The van der Waals surface area contributed by atoms with Crippen LogP contribution in [0.4, 0.5) is 0 Å². The molecule has 0 aliphatic carbocycles. The highest BCUT2D eigenvalue weighted by molar-refractivity contribution is 7.89. The summed E-state index contributed by atoms with van der Waals surface area (Å²) in [5.74, 6) is -0.324. The summed E-state index contributed by atoms with van der Waals surface area (Å²) in [5, 5.41) is 0. The van der Waals surface area contributed by atoms with Crippen LogP contribution < -0.4 is 0 Å². The maximum Gasteiger partial charge on any atom is 0.338 e. The minimum absolute atomic E-state index is 0.150. The number of ether oxygens (including phenoxy) is 1. The highest BCUT2D eigenvalue weighted by Gasteiger charge is 2.31. The second-order valence-electron chi connectivity index (χ2n) is 8.64. The number of esters is 1. The van der Waals surface area contributed by atoms with E-state index in [9.17, 15) is 18.0 Å². The van der Waals surface area contributed by atoms with Crippen molar-refractivity contribution in [1.82, 2.24) is 8.87 Å². The highest BCUT2D eigenvalue weighted by Crippen LogP contribution is 2.27. The Bertz CT molecular complexity index is 1080. The van der Waals surface area contributed by atoms with E-state index < -0.39 is 16.0 Å². The van der Waals surface area contributed by atoms with Gasteiger partial charge in [-0.2, -0.15) is 4.31 Å². The molecule has 0 radical (unpaired) electrons. The highest BCUT2D eigenvalue weighted by atomic mass is 32.2. The first kappa shape index (κ1) is 23.2. The van der Waals surface area contributed by atoms with Crippen molar-refractivity contribution in [2.45, 2.75) is 39.0 Å². The van der Waals surface area contributed by atoms with Crippen molar-refractivity contribution in [3.63, 3.8) is 0 Å². The number of ketones is 1. The van der Waals surface area contributed by atoms with Gasteiger partial charge in [0.1, 0.15) is 0 Å². The largest absolute Gasteiger partial charge is 0.454 e. The molecule has 1 aliphatic rings. The van der Waals surface area contributed by atoms with Gasteiger partial charge in [-0.15, -0.1) is 0 Å². The molecule has 168 valence electrons. The Morgan fingerprint density at radius 3 is 2.16 bits per heavy atom. The van der Waals surface area contributed by atoms with E-state index in [4.69, 9.17) is 4.74 Å². The van der Waals surface area contributed by atoms with Crippen LogP contribution in [0.15, 0.2) is 35.2 Å². The summed E-state index contributed by atoms with van der Waals surface area (Å²) in [6, 6.07) is 7.46. The van der Waals surface area contributed by atoms with Crippen molar-refractivity contribution in [2.24, 2.45) is 18.9 Å². The number of aryl methyl sites for hydroxylation is 1. The normalized spacial score (nSPS) is 19.9. The summed E-state index contributed by atoms with van der Waals surface area (Å²) in [5.41, 5.74) is 2.49. The van der Waals surface area contributed by atoms with Crippen molar-refractivity contribution < 1.29 is 22.7 Å². The van der Waals surface area contributed by atoms with Crippen molar-refractivity contribution in [1.29, 1.82) is 0 Å². The fourth-order valence-corrected chi connectivity index (χ4v) is 5.82. The van der Waals surface area contributed by atoms with Crippen LogP contribution in [0.5, 0.6) is 0 Å². The zero-order chi connectivity index (χ0) is 22.9. The Morgan fingerprint density at radius 1 is 1.06 bits per heavy atom. The number of carbonyl (C=O) groups is 2. The standard InChI is InChI=1S/C23H30N2O5S/c1-15-10-16(2)13-25(12-15)31(28,29)20-8-6-19(7-9-20)23(27)30-14-22(26)21-11-17(3)24(5)18(21)4/h6-9,11,15-16H,10,12-14H2,1-5H3. The Kier molecular flexibility index (Phi) is 6.71. The van der Waals surface area contributed by atoms with Crippen LogP contribution in [0, 0.1) is 25.7 Å². The zero-order valence-electron chi connectivity index (χ0n) is 18.7. The van der Waals surface area contributed by atoms with Crippen LogP contribution in [-0.2, 0) is 21.8 Å². The van der Waals surface area contributed by atoms with E-state index >= 15 is 0 Å². The van der Waals surface area contributed by atoms with Gasteiger partial charge >= 0.3 is 5.97 Å². The molecular formula is C23H30N2O5S. The molecule has 8 heteroatoms. The molecule has 2 unspecified atom stereocenters. The van der Waals surface area contributed by atoms with E-state index in [0.29, 0.717) is 30.5 Å². The van der Waals surface area contributed by atoms with Crippen LogP contribution in [0.1, 0.15) is 52.4 Å². The SMILES string of the molecule is Cc1cc(C(=O)COC(=O)c2ccc(S(=O)(=O)N3CC(C)CC(C)C3)cc2)c(C)n1C. The number of Topliss-reactive ketones (excluding diaryl/α,β-unsaturated/α-hetero) is 1. The quantitative estimate of drug-likeness (QED) is 0.502. The van der Waals surface area contributed by atoms with Gasteiger partial charge in [-0.1, -0.05) is 13.8 Å². The molecule has 1 saturated heterocycles. The minimum Gasteiger partial charge on any atom is -0.454 e. The van der Waals surface area contributed by atoms with Gasteiger partial charge in [-0.05, 0) is 62.4 Å². The molecule has 3 rings (SSSR count). The third-order valence-corrected chi connectivity index (χ3v) is 7.82. The number of hydrogen-bond acceptors (Lipinski definition) is 5. The van der Waals surface area contributed by atoms with Gasteiger partial charge in [0.15, 0.2) is 6.61 Å². The number of nitrogens with zero attached hydrogens (tertiary/aromatic N) is 2. The van der Waals surface area contributed by atoms with Crippen molar-refractivity contribution >= 4 is 21.8 Å². The predicted molar refractivity (Wildman–Crippen MR) is 118 cm³/mol. The number of hydrogen-bond donors (Lipinski definition) is 0. The molecule has 0 bridgehead atoms. The second-order valence-corrected chi connectivity index (χ2v) is 10.6. The number of benzene rings is 1. The molecule has 1 aliphatic heterocycles. The average molecular weight is 447 g/mol. The van der Waals surface area contributed by atoms with Gasteiger partial charge in [0, 0.05) is 37.1 Å². The van der Waals surface area contributed by atoms with E-state index in [2.05, 4.69) is 13.8 Å². The van der Waals surface area contributed by atoms with Crippen LogP contribution in [0.3, 0.4) is 0 Å². The fraction of sp³-hybridized carbons (Fsp3) is 0.478. The molecule has 1 fully saturated rings. The second kappa shape index (κ2) is 8.96. The van der Waals surface area contributed by atoms with Gasteiger partial charge in [0.05, 0.1) is 10.5 Å². The minimum atomic E-state index is -3.61. The first-order chi connectivity index (χ1) is 14.5. The molecule has 0 spiro atoms. The summed E-state index contributed by atoms with van der Waals surface area (Å²) < 4.78 is 34.5. The maximum absolute atomic E-state index is 13.0. The fourth-order valence-electron chi connectivity index (χ4n) is 4.14. The summed E-state index contributed by atoms with van der Waals surface area (Å²) in [6.07, 6.45) is 1.01. The van der Waals surface area contributed by atoms with Gasteiger partial charge in [0.25, 0.3) is 0 Å². The van der Waals surface area contributed by atoms with Crippen LogP contribution in [0.25, 0.3) is 0 Å². The summed E-state index contributed by atoms with van der Waals surface area (Å²) in [7, 11) is -1.74. The summed E-state index contributed by atoms with van der Waals surface area (Å²) in [6.45, 7) is 8.47. The lowest BCUT2D eigenvalue weighted by atomic mass is 9.94. The number of sulfonamides is 1. The lowest BCUT2D eigenvalue weighted by Crippen LogP contribution is -2.42. The molecular weight excluding hydrogens is 416 g/mol. The number of rotatable bonds is 6. The maximum atomic E-state index is 13.0.